The maximum Gasteiger partial charge on any atom is 0.117 e. The molecule has 0 aliphatic rings. The van der Waals surface area contributed by atoms with Crippen LogP contribution in [-0.2, 0) is 11.3 Å². The number of aliphatic hydroxyl groups is 2. The summed E-state index contributed by atoms with van der Waals surface area (Å²) in [5, 5.41) is 31.2. The van der Waals surface area contributed by atoms with Crippen LogP contribution in [0.25, 0.3) is 6.08 Å². The molecule has 2 rings (SSSR count). The molecule has 0 heterocycles. The fourth-order valence-electron chi connectivity index (χ4n) is 3.52. The van der Waals surface area contributed by atoms with E-state index in [1.807, 2.05) is 36.4 Å². The van der Waals surface area contributed by atoms with E-state index in [2.05, 4.69) is 13.5 Å². The van der Waals surface area contributed by atoms with Crippen molar-refractivity contribution in [1.82, 2.24) is 0 Å². The zero-order chi connectivity index (χ0) is 22.6. The van der Waals surface area contributed by atoms with Crippen LogP contribution in [0.1, 0.15) is 43.7 Å². The Morgan fingerprint density at radius 3 is 2.48 bits per heavy atom. The van der Waals surface area contributed by atoms with Gasteiger partial charge in [0, 0.05) is 5.92 Å². The van der Waals surface area contributed by atoms with Crippen molar-refractivity contribution >= 4 is 17.7 Å². The van der Waals surface area contributed by atoms with Crippen molar-refractivity contribution in [2.75, 3.05) is 6.61 Å². The zero-order valence-corrected chi connectivity index (χ0v) is 18.8. The Labute approximate surface area is 190 Å². The highest BCUT2D eigenvalue weighted by Gasteiger charge is 2.24. The molecule has 3 N–H and O–H groups in total. The lowest BCUT2D eigenvalue weighted by Crippen LogP contribution is -2.33. The molecule has 4 nitrogen and oxygen atoms in total. The van der Waals surface area contributed by atoms with Gasteiger partial charge in [0.05, 0.1) is 30.4 Å². The Balaban J connectivity index is 1.92. The molecule has 0 saturated carbocycles. The van der Waals surface area contributed by atoms with Crippen molar-refractivity contribution in [2.24, 2.45) is 5.92 Å². The third-order valence-electron chi connectivity index (χ3n) is 5.24. The number of phenols is 1. The van der Waals surface area contributed by atoms with Crippen LogP contribution in [0.4, 0.5) is 0 Å². The SMILES string of the molecule is C=C[C@H]([C@H](O)CC/C(=C/c1ccc(O)cc1Cl)CCC)[C@H](O)COCc1ccccc1. The summed E-state index contributed by atoms with van der Waals surface area (Å²) >= 11 is 6.23. The predicted octanol–water partition coefficient (Wildman–Crippen LogP) is 5.75. The van der Waals surface area contributed by atoms with E-state index >= 15 is 0 Å². The summed E-state index contributed by atoms with van der Waals surface area (Å²) in [5.41, 5.74) is 3.03. The number of rotatable bonds is 13. The van der Waals surface area contributed by atoms with Gasteiger partial charge in [-0.3, -0.25) is 0 Å². The number of benzene rings is 2. The topological polar surface area (TPSA) is 69.9 Å². The highest BCUT2D eigenvalue weighted by Crippen LogP contribution is 2.27. The molecular formula is C26H33ClO4. The summed E-state index contributed by atoms with van der Waals surface area (Å²) in [6.45, 7) is 6.43. The minimum atomic E-state index is -0.832. The second kappa shape index (κ2) is 13.3. The van der Waals surface area contributed by atoms with Crippen molar-refractivity contribution in [3.05, 3.63) is 82.9 Å². The lowest BCUT2D eigenvalue weighted by molar-refractivity contribution is -0.0273. The number of aromatic hydroxyl groups is 1. The standard InChI is InChI=1S/C26H33ClO4/c1-3-8-19(15-21-12-13-22(28)16-24(21)27)11-14-25(29)23(4-2)26(30)18-31-17-20-9-6-5-7-10-20/h4-7,9-10,12-13,15-16,23,25-26,28-30H,2-3,8,11,14,17-18H2,1H3/b19-15+/t23-,25-,26-/m1/s1. The van der Waals surface area contributed by atoms with Gasteiger partial charge < -0.3 is 20.1 Å². The van der Waals surface area contributed by atoms with Gasteiger partial charge in [-0.25, -0.2) is 0 Å². The van der Waals surface area contributed by atoms with Crippen LogP contribution in [0.15, 0.2) is 66.8 Å². The highest BCUT2D eigenvalue weighted by atomic mass is 35.5. The van der Waals surface area contributed by atoms with Crippen LogP contribution < -0.4 is 0 Å². The number of phenolic OH excluding ortho intramolecular Hbond substituents is 1. The van der Waals surface area contributed by atoms with Crippen molar-refractivity contribution in [2.45, 2.75) is 51.4 Å². The van der Waals surface area contributed by atoms with E-state index in [1.165, 1.54) is 6.07 Å². The van der Waals surface area contributed by atoms with E-state index in [4.69, 9.17) is 16.3 Å². The summed E-state index contributed by atoms with van der Waals surface area (Å²) in [6.07, 6.45) is 5.07. The molecule has 0 spiro atoms. The molecule has 0 saturated heterocycles. The molecule has 0 aliphatic carbocycles. The molecule has 0 fully saturated rings. The lowest BCUT2D eigenvalue weighted by Gasteiger charge is -2.25. The largest absolute Gasteiger partial charge is 0.508 e. The van der Waals surface area contributed by atoms with Crippen LogP contribution in [-0.4, -0.2) is 34.1 Å². The lowest BCUT2D eigenvalue weighted by atomic mass is 9.90. The van der Waals surface area contributed by atoms with Gasteiger partial charge in [0.15, 0.2) is 0 Å². The Bertz CT molecular complexity index is 835. The first kappa shape index (κ1) is 25.2. The fraction of sp³-hybridized carbons (Fsp3) is 0.385. The Hall–Kier alpha value is -2.11. The minimum Gasteiger partial charge on any atom is -0.508 e. The summed E-state index contributed by atoms with van der Waals surface area (Å²) in [6, 6.07) is 14.7. The third-order valence-corrected chi connectivity index (χ3v) is 5.56. The average molecular weight is 445 g/mol. The number of hydrogen-bond donors (Lipinski definition) is 3. The maximum atomic E-state index is 10.7. The number of allylic oxidation sites excluding steroid dienone is 1. The van der Waals surface area contributed by atoms with E-state index in [1.54, 1.807) is 18.2 Å². The molecule has 0 bridgehead atoms. The van der Waals surface area contributed by atoms with Gasteiger partial charge in [0.1, 0.15) is 5.75 Å². The summed E-state index contributed by atoms with van der Waals surface area (Å²) in [5.74, 6) is -0.345. The molecule has 0 radical (unpaired) electrons. The Morgan fingerprint density at radius 2 is 1.84 bits per heavy atom. The van der Waals surface area contributed by atoms with E-state index < -0.39 is 18.1 Å². The molecule has 0 unspecified atom stereocenters. The predicted molar refractivity (Wildman–Crippen MR) is 127 cm³/mol. The molecule has 2 aromatic carbocycles. The molecule has 0 aromatic heterocycles. The van der Waals surface area contributed by atoms with Crippen molar-refractivity contribution in [3.63, 3.8) is 0 Å². The maximum absolute atomic E-state index is 10.7. The van der Waals surface area contributed by atoms with E-state index in [9.17, 15) is 15.3 Å². The van der Waals surface area contributed by atoms with Crippen LogP contribution in [0.5, 0.6) is 5.75 Å². The molecule has 31 heavy (non-hydrogen) atoms. The smallest absolute Gasteiger partial charge is 0.117 e. The minimum absolute atomic E-state index is 0.128. The van der Waals surface area contributed by atoms with Gasteiger partial charge in [0.25, 0.3) is 0 Å². The summed E-state index contributed by atoms with van der Waals surface area (Å²) in [4.78, 5) is 0. The normalized spacial score (nSPS) is 14.8. The Morgan fingerprint density at radius 1 is 1.10 bits per heavy atom. The van der Waals surface area contributed by atoms with Gasteiger partial charge >= 0.3 is 0 Å². The first-order chi connectivity index (χ1) is 14.9. The van der Waals surface area contributed by atoms with Crippen LogP contribution in [0.3, 0.4) is 0 Å². The second-order valence-corrected chi connectivity index (χ2v) is 8.15. The monoisotopic (exact) mass is 444 g/mol. The molecule has 3 atom stereocenters. The quantitative estimate of drug-likeness (QED) is 0.344. The molecular weight excluding hydrogens is 412 g/mol. The summed E-state index contributed by atoms with van der Waals surface area (Å²) in [7, 11) is 0. The van der Waals surface area contributed by atoms with Gasteiger partial charge in [0.2, 0.25) is 0 Å². The fourth-order valence-corrected chi connectivity index (χ4v) is 3.75. The van der Waals surface area contributed by atoms with Crippen LogP contribution in [0, 0.1) is 5.92 Å². The second-order valence-electron chi connectivity index (χ2n) is 7.75. The van der Waals surface area contributed by atoms with Crippen molar-refractivity contribution < 1.29 is 20.1 Å². The zero-order valence-electron chi connectivity index (χ0n) is 18.1. The van der Waals surface area contributed by atoms with Gasteiger partial charge in [-0.1, -0.05) is 73.0 Å². The molecule has 168 valence electrons. The third kappa shape index (κ3) is 8.50. The molecule has 0 amide bonds. The van der Waals surface area contributed by atoms with Crippen molar-refractivity contribution in [1.29, 1.82) is 0 Å². The first-order valence-corrected chi connectivity index (χ1v) is 11.1. The molecule has 0 aliphatic heterocycles. The highest BCUT2D eigenvalue weighted by molar-refractivity contribution is 6.32. The number of hydrogen-bond acceptors (Lipinski definition) is 4. The van der Waals surface area contributed by atoms with Gasteiger partial charge in [-0.2, -0.15) is 0 Å². The number of ether oxygens (including phenoxy) is 1. The van der Waals surface area contributed by atoms with E-state index in [0.717, 1.165) is 29.5 Å². The van der Waals surface area contributed by atoms with Gasteiger partial charge in [-0.05, 0) is 48.6 Å². The first-order valence-electron chi connectivity index (χ1n) is 10.7. The van der Waals surface area contributed by atoms with E-state index in [0.29, 0.717) is 24.5 Å². The van der Waals surface area contributed by atoms with Crippen LogP contribution in [0.2, 0.25) is 5.02 Å². The van der Waals surface area contributed by atoms with Gasteiger partial charge in [-0.15, -0.1) is 6.58 Å². The summed E-state index contributed by atoms with van der Waals surface area (Å²) < 4.78 is 5.63. The molecule has 2 aromatic rings. The average Bonchev–Trinajstić information content (AvgIpc) is 2.75. The van der Waals surface area contributed by atoms with Crippen molar-refractivity contribution in [3.8, 4) is 5.75 Å². The molecule has 5 heteroatoms. The van der Waals surface area contributed by atoms with E-state index in [-0.39, 0.29) is 12.4 Å². The number of aliphatic hydroxyl groups excluding tert-OH is 2. The van der Waals surface area contributed by atoms with Crippen LogP contribution >= 0.6 is 11.6 Å². The Kier molecular flexibility index (Phi) is 10.8. The number of halogens is 1.